The van der Waals surface area contributed by atoms with E-state index in [1.165, 1.54) is 7.11 Å². The van der Waals surface area contributed by atoms with Crippen molar-refractivity contribution in [2.24, 2.45) is 0 Å². The van der Waals surface area contributed by atoms with Crippen LogP contribution in [0.4, 0.5) is 18.3 Å². The van der Waals surface area contributed by atoms with Crippen molar-refractivity contribution >= 4 is 40.2 Å². The summed E-state index contributed by atoms with van der Waals surface area (Å²) in [5, 5.41) is 3.11. The Morgan fingerprint density at radius 2 is 1.97 bits per heavy atom. The third kappa shape index (κ3) is 5.19. The first kappa shape index (κ1) is 24.0. The van der Waals surface area contributed by atoms with Gasteiger partial charge in [-0.3, -0.25) is 14.5 Å². The fraction of sp³-hybridized carbons (Fsp3) is 0.125. The number of methoxy groups -OCH3 is 1. The maximum atomic E-state index is 13.1. The van der Waals surface area contributed by atoms with Gasteiger partial charge in [-0.2, -0.15) is 13.2 Å². The molecule has 0 fully saturated rings. The van der Waals surface area contributed by atoms with Gasteiger partial charge in [-0.25, -0.2) is 9.97 Å². The highest BCUT2D eigenvalue weighted by atomic mass is 32.1. The van der Waals surface area contributed by atoms with Crippen LogP contribution in [0.1, 0.15) is 34.4 Å². The number of anilines is 1. The Labute approximate surface area is 202 Å². The molecule has 0 spiro atoms. The summed E-state index contributed by atoms with van der Waals surface area (Å²) in [5.74, 6) is 0.734. The minimum absolute atomic E-state index is 0.130. The predicted molar refractivity (Wildman–Crippen MR) is 128 cm³/mol. The standard InChI is InChI=1S/C24H19F3N4O3S/c1-14(2)34-21-15(7-6-8-17(21)33-3)10-11-16-20(31-12-5-4-9-19(31)28-16)22(32)30-23-29-18(13-35-23)24(25,26)27/h4-13H,1H2,2-3H3,(H,29,30,32). The zero-order valence-corrected chi connectivity index (χ0v) is 19.4. The quantitative estimate of drug-likeness (QED) is 0.308. The summed E-state index contributed by atoms with van der Waals surface area (Å²) >= 11 is 0.686. The van der Waals surface area contributed by atoms with Crippen LogP contribution in [0.2, 0.25) is 0 Å². The van der Waals surface area contributed by atoms with Gasteiger partial charge in [0.15, 0.2) is 22.3 Å². The Hall–Kier alpha value is -4.12. The van der Waals surface area contributed by atoms with Crippen molar-refractivity contribution < 1.29 is 27.4 Å². The van der Waals surface area contributed by atoms with E-state index < -0.39 is 17.8 Å². The van der Waals surface area contributed by atoms with Crippen LogP contribution >= 0.6 is 11.3 Å². The van der Waals surface area contributed by atoms with E-state index in [1.807, 2.05) is 0 Å². The molecule has 35 heavy (non-hydrogen) atoms. The fourth-order valence-corrected chi connectivity index (χ4v) is 3.96. The summed E-state index contributed by atoms with van der Waals surface area (Å²) < 4.78 is 51.3. The zero-order valence-electron chi connectivity index (χ0n) is 18.6. The molecule has 0 saturated carbocycles. The Balaban J connectivity index is 1.72. The van der Waals surface area contributed by atoms with Gasteiger partial charge in [0.1, 0.15) is 11.3 Å². The van der Waals surface area contributed by atoms with Crippen LogP contribution in [0.15, 0.2) is 60.3 Å². The molecule has 1 N–H and O–H groups in total. The number of hydrogen-bond acceptors (Lipinski definition) is 6. The molecule has 0 aliphatic heterocycles. The second-order valence-corrected chi connectivity index (χ2v) is 8.14. The molecule has 0 unspecified atom stereocenters. The lowest BCUT2D eigenvalue weighted by Crippen LogP contribution is -2.16. The number of hydrogen-bond donors (Lipinski definition) is 1. The van der Waals surface area contributed by atoms with E-state index >= 15 is 0 Å². The Bertz CT molecular complexity index is 1440. The van der Waals surface area contributed by atoms with Crippen LogP contribution in [-0.4, -0.2) is 27.4 Å². The van der Waals surface area contributed by atoms with Gasteiger partial charge in [0.05, 0.1) is 18.6 Å². The number of para-hydroxylation sites is 1. The molecule has 7 nitrogen and oxygen atoms in total. The summed E-state index contributed by atoms with van der Waals surface area (Å²) in [5.41, 5.74) is 0.484. The number of aromatic nitrogens is 3. The maximum absolute atomic E-state index is 13.1. The molecule has 1 amide bonds. The lowest BCUT2D eigenvalue weighted by Gasteiger charge is -2.12. The minimum atomic E-state index is -4.60. The zero-order chi connectivity index (χ0) is 25.2. The number of nitrogens with one attached hydrogen (secondary N) is 1. The van der Waals surface area contributed by atoms with Crippen LogP contribution in [0.5, 0.6) is 11.5 Å². The number of halogens is 3. The normalized spacial score (nSPS) is 11.7. The van der Waals surface area contributed by atoms with Crippen LogP contribution in [0.25, 0.3) is 17.8 Å². The number of rotatable bonds is 7. The summed E-state index contributed by atoms with van der Waals surface area (Å²) in [6.07, 6.45) is 0.352. The number of carbonyl (C=O) groups is 1. The molecule has 11 heteroatoms. The van der Waals surface area contributed by atoms with Crippen molar-refractivity contribution in [3.63, 3.8) is 0 Å². The van der Waals surface area contributed by atoms with Gasteiger partial charge in [0.25, 0.3) is 5.91 Å². The number of allylic oxidation sites excluding steroid dienone is 1. The van der Waals surface area contributed by atoms with Gasteiger partial charge in [0, 0.05) is 17.1 Å². The number of thiazole rings is 1. The molecule has 180 valence electrons. The van der Waals surface area contributed by atoms with E-state index in [1.54, 1.807) is 66.1 Å². The van der Waals surface area contributed by atoms with Crippen molar-refractivity contribution in [2.45, 2.75) is 13.1 Å². The Morgan fingerprint density at radius 3 is 2.66 bits per heavy atom. The highest BCUT2D eigenvalue weighted by molar-refractivity contribution is 7.14. The minimum Gasteiger partial charge on any atom is -0.493 e. The largest absolute Gasteiger partial charge is 0.493 e. The molecule has 1 aromatic carbocycles. The summed E-state index contributed by atoms with van der Waals surface area (Å²) in [7, 11) is 1.52. The van der Waals surface area contributed by atoms with Crippen molar-refractivity contribution in [2.75, 3.05) is 12.4 Å². The second-order valence-electron chi connectivity index (χ2n) is 7.28. The van der Waals surface area contributed by atoms with Crippen molar-refractivity contribution in [3.05, 3.63) is 83.0 Å². The number of benzene rings is 1. The van der Waals surface area contributed by atoms with Crippen LogP contribution in [-0.2, 0) is 6.18 Å². The van der Waals surface area contributed by atoms with Gasteiger partial charge in [0.2, 0.25) is 0 Å². The van der Waals surface area contributed by atoms with Crippen LogP contribution < -0.4 is 14.8 Å². The second kappa shape index (κ2) is 9.63. The highest BCUT2D eigenvalue weighted by Gasteiger charge is 2.34. The first-order chi connectivity index (χ1) is 16.7. The molecule has 0 aliphatic rings. The van der Waals surface area contributed by atoms with Gasteiger partial charge >= 0.3 is 6.18 Å². The van der Waals surface area contributed by atoms with Gasteiger partial charge in [-0.05, 0) is 37.3 Å². The van der Waals surface area contributed by atoms with Crippen molar-refractivity contribution in [3.8, 4) is 11.5 Å². The molecule has 3 heterocycles. The van der Waals surface area contributed by atoms with Gasteiger partial charge in [-0.15, -0.1) is 11.3 Å². The predicted octanol–water partition coefficient (Wildman–Crippen LogP) is 6.15. The molecule has 0 aliphatic carbocycles. The van der Waals surface area contributed by atoms with Crippen molar-refractivity contribution in [1.29, 1.82) is 0 Å². The smallest absolute Gasteiger partial charge is 0.434 e. The number of amides is 1. The number of nitrogens with zero attached hydrogens (tertiary/aromatic N) is 3. The lowest BCUT2D eigenvalue weighted by atomic mass is 10.1. The first-order valence-electron chi connectivity index (χ1n) is 10.2. The molecule has 0 bridgehead atoms. The monoisotopic (exact) mass is 500 g/mol. The van der Waals surface area contributed by atoms with Gasteiger partial charge < -0.3 is 9.47 Å². The number of pyridine rings is 1. The molecule has 4 aromatic rings. The van der Waals surface area contributed by atoms with Crippen molar-refractivity contribution in [1.82, 2.24) is 14.4 Å². The molecular formula is C24H19F3N4O3S. The number of imidazole rings is 1. The number of carbonyl (C=O) groups excluding carboxylic acids is 1. The molecule has 3 aromatic heterocycles. The van der Waals surface area contributed by atoms with E-state index in [0.29, 0.717) is 45.5 Å². The number of fused-ring (bicyclic) bond motifs is 1. The lowest BCUT2D eigenvalue weighted by molar-refractivity contribution is -0.140. The topological polar surface area (TPSA) is 77.8 Å². The molecule has 4 rings (SSSR count). The van der Waals surface area contributed by atoms with E-state index in [0.717, 1.165) is 5.38 Å². The number of ether oxygens (including phenoxy) is 2. The SMILES string of the molecule is C=C(C)Oc1c(C=Cc2nc3ccccn3c2C(=O)Nc2nc(C(F)(F)F)cs2)cccc1OC. The third-order valence-electron chi connectivity index (χ3n) is 4.71. The summed E-state index contributed by atoms with van der Waals surface area (Å²) in [4.78, 5) is 21.1. The van der Waals surface area contributed by atoms with E-state index in [2.05, 4.69) is 21.9 Å². The molecule has 0 radical (unpaired) electrons. The maximum Gasteiger partial charge on any atom is 0.434 e. The molecular weight excluding hydrogens is 481 g/mol. The van der Waals surface area contributed by atoms with Crippen LogP contribution in [0, 0.1) is 0 Å². The highest BCUT2D eigenvalue weighted by Crippen LogP contribution is 2.34. The average molecular weight is 501 g/mol. The average Bonchev–Trinajstić information content (AvgIpc) is 3.42. The first-order valence-corrected chi connectivity index (χ1v) is 11.0. The van der Waals surface area contributed by atoms with Crippen LogP contribution in [0.3, 0.4) is 0 Å². The Kier molecular flexibility index (Phi) is 6.61. The third-order valence-corrected chi connectivity index (χ3v) is 5.47. The fourth-order valence-electron chi connectivity index (χ4n) is 3.25. The molecule has 0 atom stereocenters. The molecule has 0 saturated heterocycles. The summed E-state index contributed by atoms with van der Waals surface area (Å²) in [6.45, 7) is 5.46. The Morgan fingerprint density at radius 1 is 1.17 bits per heavy atom. The number of alkyl halides is 3. The van der Waals surface area contributed by atoms with Gasteiger partial charge in [-0.1, -0.05) is 24.8 Å². The van der Waals surface area contributed by atoms with E-state index in [9.17, 15) is 18.0 Å². The summed E-state index contributed by atoms with van der Waals surface area (Å²) in [6, 6.07) is 10.5. The van der Waals surface area contributed by atoms with E-state index in [-0.39, 0.29) is 10.8 Å². The van der Waals surface area contributed by atoms with E-state index in [4.69, 9.17) is 9.47 Å².